The van der Waals surface area contributed by atoms with Gasteiger partial charge in [0.2, 0.25) is 0 Å². The van der Waals surface area contributed by atoms with E-state index in [1.54, 1.807) is 6.92 Å². The molecule has 1 heterocycles. The zero-order valence-electron chi connectivity index (χ0n) is 8.39. The summed E-state index contributed by atoms with van der Waals surface area (Å²) in [6.45, 7) is 6.09. The molecule has 0 aromatic carbocycles. The third-order valence-electron chi connectivity index (χ3n) is 2.31. The van der Waals surface area contributed by atoms with Crippen LogP contribution in [0, 0.1) is 5.41 Å². The van der Waals surface area contributed by atoms with Crippen molar-refractivity contribution in [1.29, 1.82) is 0 Å². The van der Waals surface area contributed by atoms with E-state index >= 15 is 0 Å². The average molecular weight is 200 g/mol. The Morgan fingerprint density at radius 1 is 1.54 bits per heavy atom. The number of carbonyl (C=O) groups is 1. The molecule has 0 spiro atoms. The second-order valence-electron chi connectivity index (χ2n) is 4.37. The van der Waals surface area contributed by atoms with Gasteiger partial charge in [-0.15, -0.1) is 0 Å². The van der Waals surface area contributed by atoms with Crippen LogP contribution in [0.2, 0.25) is 0 Å². The molecule has 2 nitrogen and oxygen atoms in total. The summed E-state index contributed by atoms with van der Waals surface area (Å²) >= 11 is 1.83. The number of aliphatic carboxylic acids is 1. The van der Waals surface area contributed by atoms with E-state index in [1.807, 2.05) is 11.8 Å². The van der Waals surface area contributed by atoms with Crippen molar-refractivity contribution in [2.75, 3.05) is 11.5 Å². The molecule has 13 heavy (non-hydrogen) atoms. The van der Waals surface area contributed by atoms with Gasteiger partial charge < -0.3 is 5.11 Å². The lowest BCUT2D eigenvalue weighted by Crippen LogP contribution is -2.23. The number of hydrogen-bond acceptors (Lipinski definition) is 2. The summed E-state index contributed by atoms with van der Waals surface area (Å²) in [5, 5.41) is 8.84. The Morgan fingerprint density at radius 3 is 2.62 bits per heavy atom. The molecule has 3 heteroatoms. The molecular weight excluding hydrogens is 184 g/mol. The maximum absolute atomic E-state index is 10.7. The summed E-state index contributed by atoms with van der Waals surface area (Å²) in [4.78, 5) is 10.7. The molecule has 1 aliphatic rings. The molecule has 1 rings (SSSR count). The van der Waals surface area contributed by atoms with Gasteiger partial charge in [-0.1, -0.05) is 13.8 Å². The SMILES string of the molecule is C/C(C(=O)O)=C1/CSCC(C)(C)C1. The van der Waals surface area contributed by atoms with Gasteiger partial charge in [0.15, 0.2) is 0 Å². The minimum atomic E-state index is -0.770. The topological polar surface area (TPSA) is 37.3 Å². The van der Waals surface area contributed by atoms with Crippen molar-refractivity contribution >= 4 is 17.7 Å². The Labute approximate surface area is 83.4 Å². The van der Waals surface area contributed by atoms with Crippen LogP contribution in [0.4, 0.5) is 0 Å². The lowest BCUT2D eigenvalue weighted by molar-refractivity contribution is -0.132. The summed E-state index contributed by atoms with van der Waals surface area (Å²) in [7, 11) is 0. The van der Waals surface area contributed by atoms with Crippen molar-refractivity contribution in [2.45, 2.75) is 27.2 Å². The summed E-state index contributed by atoms with van der Waals surface area (Å²) in [6, 6.07) is 0. The maximum Gasteiger partial charge on any atom is 0.331 e. The first-order chi connectivity index (χ1) is 5.92. The fraction of sp³-hybridized carbons (Fsp3) is 0.700. The third-order valence-corrected chi connectivity index (χ3v) is 3.85. The van der Waals surface area contributed by atoms with Crippen molar-refractivity contribution < 1.29 is 9.90 Å². The normalized spacial score (nSPS) is 25.5. The van der Waals surface area contributed by atoms with Crippen LogP contribution < -0.4 is 0 Å². The van der Waals surface area contributed by atoms with Gasteiger partial charge in [-0.2, -0.15) is 11.8 Å². The van der Waals surface area contributed by atoms with Crippen LogP contribution in [0.1, 0.15) is 27.2 Å². The van der Waals surface area contributed by atoms with E-state index in [9.17, 15) is 4.79 Å². The summed E-state index contributed by atoms with van der Waals surface area (Å²) in [5.41, 5.74) is 1.91. The fourth-order valence-corrected chi connectivity index (χ4v) is 2.84. The molecule has 0 radical (unpaired) electrons. The highest BCUT2D eigenvalue weighted by molar-refractivity contribution is 7.99. The van der Waals surface area contributed by atoms with Crippen molar-refractivity contribution in [1.82, 2.24) is 0 Å². The lowest BCUT2D eigenvalue weighted by Gasteiger charge is -2.31. The van der Waals surface area contributed by atoms with E-state index in [0.29, 0.717) is 5.57 Å². The van der Waals surface area contributed by atoms with Gasteiger partial charge in [0.1, 0.15) is 0 Å². The van der Waals surface area contributed by atoms with Crippen LogP contribution in [-0.4, -0.2) is 22.6 Å². The van der Waals surface area contributed by atoms with Crippen LogP contribution in [-0.2, 0) is 4.79 Å². The first kappa shape index (κ1) is 10.6. The summed E-state index contributed by atoms with van der Waals surface area (Å²) in [5.74, 6) is 1.25. The van der Waals surface area contributed by atoms with Crippen LogP contribution in [0.15, 0.2) is 11.1 Å². The van der Waals surface area contributed by atoms with Crippen molar-refractivity contribution in [3.8, 4) is 0 Å². The molecule has 1 aliphatic heterocycles. The fourth-order valence-electron chi connectivity index (χ4n) is 1.52. The molecule has 0 aliphatic carbocycles. The Kier molecular flexibility index (Phi) is 3.06. The van der Waals surface area contributed by atoms with Gasteiger partial charge in [0.25, 0.3) is 0 Å². The van der Waals surface area contributed by atoms with Crippen LogP contribution in [0.25, 0.3) is 0 Å². The minimum absolute atomic E-state index is 0.259. The van der Waals surface area contributed by atoms with Crippen molar-refractivity contribution in [3.05, 3.63) is 11.1 Å². The molecule has 74 valence electrons. The highest BCUT2D eigenvalue weighted by atomic mass is 32.2. The van der Waals surface area contributed by atoms with E-state index in [4.69, 9.17) is 5.11 Å². The molecule has 0 saturated carbocycles. The standard InChI is InChI=1S/C10H16O2S/c1-7(9(11)12)8-4-10(2,3)6-13-5-8/h4-6H2,1-3H3,(H,11,12)/b8-7-. The predicted octanol–water partition coefficient (Wildman–Crippen LogP) is 2.55. The number of carboxylic acids is 1. The first-order valence-corrected chi connectivity index (χ1v) is 5.57. The molecule has 0 amide bonds. The number of hydrogen-bond donors (Lipinski definition) is 1. The van der Waals surface area contributed by atoms with Gasteiger partial charge in [-0.05, 0) is 30.1 Å². The van der Waals surface area contributed by atoms with Gasteiger partial charge in [-0.3, -0.25) is 0 Å². The van der Waals surface area contributed by atoms with Gasteiger partial charge in [0, 0.05) is 11.3 Å². The van der Waals surface area contributed by atoms with Crippen molar-refractivity contribution in [2.24, 2.45) is 5.41 Å². The Morgan fingerprint density at radius 2 is 2.15 bits per heavy atom. The molecule has 0 aromatic rings. The average Bonchev–Trinajstić information content (AvgIpc) is 2.01. The van der Waals surface area contributed by atoms with E-state index in [0.717, 1.165) is 23.5 Å². The van der Waals surface area contributed by atoms with Crippen LogP contribution >= 0.6 is 11.8 Å². The molecule has 1 N–H and O–H groups in total. The van der Waals surface area contributed by atoms with E-state index in [-0.39, 0.29) is 5.41 Å². The van der Waals surface area contributed by atoms with Gasteiger partial charge in [0.05, 0.1) is 0 Å². The third kappa shape index (κ3) is 2.76. The van der Waals surface area contributed by atoms with Crippen LogP contribution in [0.3, 0.4) is 0 Å². The zero-order valence-corrected chi connectivity index (χ0v) is 9.20. The summed E-state index contributed by atoms with van der Waals surface area (Å²) in [6.07, 6.45) is 0.929. The van der Waals surface area contributed by atoms with Gasteiger partial charge in [-0.25, -0.2) is 4.79 Å². The number of thioether (sulfide) groups is 1. The summed E-state index contributed by atoms with van der Waals surface area (Å²) < 4.78 is 0. The van der Waals surface area contributed by atoms with Crippen LogP contribution in [0.5, 0.6) is 0 Å². The maximum atomic E-state index is 10.7. The predicted molar refractivity (Wildman–Crippen MR) is 56.1 cm³/mol. The van der Waals surface area contributed by atoms with Crippen molar-refractivity contribution in [3.63, 3.8) is 0 Å². The highest BCUT2D eigenvalue weighted by Gasteiger charge is 2.26. The number of carboxylic acid groups (broad SMARTS) is 1. The zero-order chi connectivity index (χ0) is 10.1. The molecule has 0 bridgehead atoms. The quantitative estimate of drug-likeness (QED) is 0.661. The molecular formula is C10H16O2S. The smallest absolute Gasteiger partial charge is 0.331 e. The Hall–Kier alpha value is -0.440. The second kappa shape index (κ2) is 3.74. The molecule has 0 aromatic heterocycles. The van der Waals surface area contributed by atoms with E-state index < -0.39 is 5.97 Å². The lowest BCUT2D eigenvalue weighted by atomic mass is 9.86. The van der Waals surface area contributed by atoms with E-state index in [2.05, 4.69) is 13.8 Å². The first-order valence-electron chi connectivity index (χ1n) is 4.42. The van der Waals surface area contributed by atoms with E-state index in [1.165, 1.54) is 0 Å². The van der Waals surface area contributed by atoms with Gasteiger partial charge >= 0.3 is 5.97 Å². The Bertz CT molecular complexity index is 254. The number of rotatable bonds is 1. The Balaban J connectivity index is 2.82. The largest absolute Gasteiger partial charge is 0.478 e. The molecule has 1 fully saturated rings. The second-order valence-corrected chi connectivity index (χ2v) is 5.35. The monoisotopic (exact) mass is 200 g/mol. The molecule has 1 saturated heterocycles. The minimum Gasteiger partial charge on any atom is -0.478 e. The molecule has 0 unspecified atom stereocenters. The molecule has 0 atom stereocenters. The highest BCUT2D eigenvalue weighted by Crippen LogP contribution is 2.37.